The second-order valence-electron chi connectivity index (χ2n) is 2.56. The molecule has 0 aliphatic rings. The molecule has 0 saturated carbocycles. The second-order valence-corrected chi connectivity index (χ2v) is 3.76. The number of benzene rings is 1. The third kappa shape index (κ3) is 1.60. The number of nitrogens with zero attached hydrogens (tertiary/aromatic N) is 1. The summed E-state index contributed by atoms with van der Waals surface area (Å²) in [5.74, 6) is 0. The molecular weight excluding hydrogens is 228 g/mol. The predicted octanol–water partition coefficient (Wildman–Crippen LogP) is 4.20. The molecule has 1 aromatic heterocycles. The maximum absolute atomic E-state index is 5.95. The Bertz CT molecular complexity index is 468. The van der Waals surface area contributed by atoms with Gasteiger partial charge in [-0.25, -0.2) is 4.98 Å². The van der Waals surface area contributed by atoms with Gasteiger partial charge in [-0.2, -0.15) is 0 Å². The fourth-order valence-corrected chi connectivity index (χ4v) is 1.87. The number of rotatable bonds is 0. The van der Waals surface area contributed by atoms with Crippen molar-refractivity contribution in [2.24, 2.45) is 0 Å². The average molecular weight is 232 g/mol. The zero-order chi connectivity index (χ0) is 9.42. The van der Waals surface area contributed by atoms with Gasteiger partial charge < -0.3 is 0 Å². The summed E-state index contributed by atoms with van der Waals surface area (Å²) in [5.41, 5.74) is 0.640. The van der Waals surface area contributed by atoms with Crippen molar-refractivity contribution < 1.29 is 0 Å². The van der Waals surface area contributed by atoms with Crippen molar-refractivity contribution in [2.75, 3.05) is 0 Å². The highest BCUT2D eigenvalue weighted by molar-refractivity contribution is 6.40. The molecule has 0 amide bonds. The van der Waals surface area contributed by atoms with Crippen LogP contribution in [0.15, 0.2) is 24.3 Å². The normalized spacial score (nSPS) is 10.7. The van der Waals surface area contributed by atoms with Crippen molar-refractivity contribution in [2.45, 2.75) is 0 Å². The van der Waals surface area contributed by atoms with Crippen LogP contribution < -0.4 is 0 Å². The van der Waals surface area contributed by atoms with E-state index in [1.165, 1.54) is 0 Å². The summed E-state index contributed by atoms with van der Waals surface area (Å²) < 4.78 is 0. The SMILES string of the molecule is Clc1cc(Cl)c2cccc(Cl)c2n1. The number of para-hydroxylation sites is 1. The highest BCUT2D eigenvalue weighted by Gasteiger charge is 2.05. The smallest absolute Gasteiger partial charge is 0.131 e. The summed E-state index contributed by atoms with van der Waals surface area (Å²) in [6, 6.07) is 7.03. The molecule has 0 bridgehead atoms. The van der Waals surface area contributed by atoms with Gasteiger partial charge in [-0.15, -0.1) is 0 Å². The number of fused-ring (bicyclic) bond motifs is 1. The lowest BCUT2D eigenvalue weighted by molar-refractivity contribution is 1.41. The lowest BCUT2D eigenvalue weighted by Gasteiger charge is -2.01. The molecule has 0 saturated heterocycles. The van der Waals surface area contributed by atoms with E-state index in [9.17, 15) is 0 Å². The Morgan fingerprint density at radius 2 is 1.77 bits per heavy atom. The predicted molar refractivity (Wildman–Crippen MR) is 56.8 cm³/mol. The van der Waals surface area contributed by atoms with Crippen LogP contribution in [-0.4, -0.2) is 4.98 Å². The standard InChI is InChI=1S/C9H4Cl3N/c10-6-3-1-2-5-7(11)4-8(12)13-9(5)6/h1-4H. The van der Waals surface area contributed by atoms with E-state index in [1.807, 2.05) is 12.1 Å². The summed E-state index contributed by atoms with van der Waals surface area (Å²) in [6.45, 7) is 0. The van der Waals surface area contributed by atoms with Gasteiger partial charge >= 0.3 is 0 Å². The van der Waals surface area contributed by atoms with Gasteiger partial charge in [0.2, 0.25) is 0 Å². The molecule has 0 unspecified atom stereocenters. The van der Waals surface area contributed by atoms with Crippen LogP contribution in [0.2, 0.25) is 15.2 Å². The Morgan fingerprint density at radius 3 is 2.54 bits per heavy atom. The molecular formula is C9H4Cl3N. The van der Waals surface area contributed by atoms with Gasteiger partial charge in [0.25, 0.3) is 0 Å². The minimum Gasteiger partial charge on any atom is -0.234 e. The van der Waals surface area contributed by atoms with Crippen LogP contribution in [0.5, 0.6) is 0 Å². The summed E-state index contributed by atoms with van der Waals surface area (Å²) in [5, 5.41) is 2.29. The van der Waals surface area contributed by atoms with Crippen molar-refractivity contribution in [3.05, 3.63) is 39.5 Å². The molecule has 13 heavy (non-hydrogen) atoms. The van der Waals surface area contributed by atoms with Crippen molar-refractivity contribution in [1.29, 1.82) is 0 Å². The number of hydrogen-bond acceptors (Lipinski definition) is 1. The summed E-state index contributed by atoms with van der Waals surface area (Å²) in [6.07, 6.45) is 0. The van der Waals surface area contributed by atoms with E-state index in [0.717, 1.165) is 5.39 Å². The molecule has 1 aromatic carbocycles. The van der Waals surface area contributed by atoms with Gasteiger partial charge in [0.05, 0.1) is 15.6 Å². The van der Waals surface area contributed by atoms with Crippen molar-refractivity contribution >= 4 is 45.7 Å². The van der Waals surface area contributed by atoms with Crippen molar-refractivity contribution in [3.63, 3.8) is 0 Å². The molecule has 0 aliphatic carbocycles. The zero-order valence-electron chi connectivity index (χ0n) is 6.39. The van der Waals surface area contributed by atoms with E-state index in [-0.39, 0.29) is 0 Å². The molecule has 0 fully saturated rings. The first-order chi connectivity index (χ1) is 6.18. The summed E-state index contributed by atoms with van der Waals surface area (Å²) in [4.78, 5) is 4.09. The van der Waals surface area contributed by atoms with E-state index >= 15 is 0 Å². The van der Waals surface area contributed by atoms with Gasteiger partial charge in [-0.1, -0.05) is 46.9 Å². The Balaban J connectivity index is 2.94. The number of halogens is 3. The minimum atomic E-state index is 0.352. The third-order valence-corrected chi connectivity index (χ3v) is 2.52. The maximum atomic E-state index is 5.95. The minimum absolute atomic E-state index is 0.352. The van der Waals surface area contributed by atoms with Crippen molar-refractivity contribution in [3.8, 4) is 0 Å². The third-order valence-electron chi connectivity index (χ3n) is 1.71. The van der Waals surface area contributed by atoms with E-state index in [1.54, 1.807) is 12.1 Å². The Morgan fingerprint density at radius 1 is 1.00 bits per heavy atom. The largest absolute Gasteiger partial charge is 0.234 e. The van der Waals surface area contributed by atoms with Gasteiger partial charge in [-0.3, -0.25) is 0 Å². The Kier molecular flexibility index (Phi) is 2.33. The molecule has 0 radical (unpaired) electrons. The van der Waals surface area contributed by atoms with Crippen LogP contribution in [-0.2, 0) is 0 Å². The van der Waals surface area contributed by atoms with Crippen LogP contribution in [0.1, 0.15) is 0 Å². The van der Waals surface area contributed by atoms with Gasteiger partial charge in [0.1, 0.15) is 5.15 Å². The lowest BCUT2D eigenvalue weighted by atomic mass is 10.2. The first-order valence-corrected chi connectivity index (χ1v) is 4.72. The van der Waals surface area contributed by atoms with E-state index in [0.29, 0.717) is 20.7 Å². The molecule has 0 aliphatic heterocycles. The zero-order valence-corrected chi connectivity index (χ0v) is 8.66. The van der Waals surface area contributed by atoms with Gasteiger partial charge in [0, 0.05) is 5.39 Å². The molecule has 0 spiro atoms. The maximum Gasteiger partial charge on any atom is 0.131 e. The molecule has 66 valence electrons. The molecule has 0 N–H and O–H groups in total. The fraction of sp³-hybridized carbons (Fsp3) is 0. The lowest BCUT2D eigenvalue weighted by Crippen LogP contribution is -1.82. The Labute approximate surface area is 90.2 Å². The molecule has 2 rings (SSSR count). The van der Waals surface area contributed by atoms with Crippen LogP contribution in [0.25, 0.3) is 10.9 Å². The number of aromatic nitrogens is 1. The molecule has 2 aromatic rings. The van der Waals surface area contributed by atoms with Crippen LogP contribution in [0, 0.1) is 0 Å². The number of hydrogen-bond donors (Lipinski definition) is 0. The van der Waals surface area contributed by atoms with Gasteiger partial charge in [-0.05, 0) is 12.1 Å². The Hall–Kier alpha value is -0.500. The van der Waals surface area contributed by atoms with E-state index < -0.39 is 0 Å². The molecule has 4 heteroatoms. The first kappa shape index (κ1) is 9.07. The first-order valence-electron chi connectivity index (χ1n) is 3.59. The van der Waals surface area contributed by atoms with E-state index in [2.05, 4.69) is 4.98 Å². The molecule has 0 atom stereocenters. The molecule has 1 heterocycles. The number of pyridine rings is 1. The van der Waals surface area contributed by atoms with Crippen LogP contribution in [0.4, 0.5) is 0 Å². The molecule has 1 nitrogen and oxygen atoms in total. The topological polar surface area (TPSA) is 12.9 Å². The van der Waals surface area contributed by atoms with Crippen LogP contribution >= 0.6 is 34.8 Å². The van der Waals surface area contributed by atoms with E-state index in [4.69, 9.17) is 34.8 Å². The van der Waals surface area contributed by atoms with Crippen LogP contribution in [0.3, 0.4) is 0 Å². The summed E-state index contributed by atoms with van der Waals surface area (Å²) >= 11 is 17.6. The average Bonchev–Trinajstić information content (AvgIpc) is 2.07. The fourth-order valence-electron chi connectivity index (χ4n) is 1.14. The van der Waals surface area contributed by atoms with Gasteiger partial charge in [0.15, 0.2) is 0 Å². The quantitative estimate of drug-likeness (QED) is 0.621. The highest BCUT2D eigenvalue weighted by atomic mass is 35.5. The highest BCUT2D eigenvalue weighted by Crippen LogP contribution is 2.29. The summed E-state index contributed by atoms with van der Waals surface area (Å²) in [7, 11) is 0. The van der Waals surface area contributed by atoms with Crippen molar-refractivity contribution in [1.82, 2.24) is 4.98 Å². The second kappa shape index (κ2) is 3.33. The monoisotopic (exact) mass is 231 g/mol.